The molecule has 0 spiro atoms. The zero-order valence-corrected chi connectivity index (χ0v) is 10.0. The van der Waals surface area contributed by atoms with Crippen molar-refractivity contribution in [1.82, 2.24) is 5.32 Å². The van der Waals surface area contributed by atoms with Crippen molar-refractivity contribution in [2.75, 3.05) is 6.54 Å². The molecule has 6 heteroatoms. The van der Waals surface area contributed by atoms with Gasteiger partial charge in [-0.05, 0) is 12.1 Å². The summed E-state index contributed by atoms with van der Waals surface area (Å²) < 4.78 is 0.658. The zero-order chi connectivity index (χ0) is 11.4. The lowest BCUT2D eigenvalue weighted by molar-refractivity contribution is 0.0702. The Bertz CT molecular complexity index is 413. The molecule has 0 atom stereocenters. The lowest BCUT2D eigenvalue weighted by Crippen LogP contribution is -2.23. The van der Waals surface area contributed by atoms with Gasteiger partial charge in [-0.25, -0.2) is 4.79 Å². The van der Waals surface area contributed by atoms with Crippen molar-refractivity contribution in [2.45, 2.75) is 0 Å². The number of carbonyl (C=O) groups excluding carboxylic acids is 1. The van der Waals surface area contributed by atoms with E-state index in [0.29, 0.717) is 15.9 Å². The largest absolute Gasteiger partial charge is 0.477 e. The summed E-state index contributed by atoms with van der Waals surface area (Å²) in [6, 6.07) is 2.89. The van der Waals surface area contributed by atoms with Crippen molar-refractivity contribution >= 4 is 39.1 Å². The fourth-order valence-corrected chi connectivity index (χ4v) is 1.74. The van der Waals surface area contributed by atoms with E-state index in [9.17, 15) is 9.59 Å². The van der Waals surface area contributed by atoms with E-state index in [1.54, 1.807) is 0 Å². The molecule has 1 aromatic rings. The van der Waals surface area contributed by atoms with Crippen LogP contribution in [0.25, 0.3) is 0 Å². The number of aromatic carboxylic acids is 1. The summed E-state index contributed by atoms with van der Waals surface area (Å²) in [4.78, 5) is 22.5. The smallest absolute Gasteiger partial charge is 0.345 e. The van der Waals surface area contributed by atoms with Crippen LogP contribution in [0.3, 0.4) is 0 Å². The number of carbonyl (C=O) groups is 2. The molecule has 0 saturated heterocycles. The molecule has 0 aromatic carbocycles. The summed E-state index contributed by atoms with van der Waals surface area (Å²) in [5.41, 5.74) is 0. The molecule has 1 rings (SSSR count). The molecule has 1 amide bonds. The van der Waals surface area contributed by atoms with Gasteiger partial charge in [-0.1, -0.05) is 22.5 Å². The predicted molar refractivity (Wildman–Crippen MR) is 61.7 cm³/mol. The maximum Gasteiger partial charge on any atom is 0.345 e. The number of carboxylic acids is 1. The van der Waals surface area contributed by atoms with Gasteiger partial charge in [0, 0.05) is 11.0 Å². The van der Waals surface area contributed by atoms with Gasteiger partial charge in [0.05, 0.1) is 4.88 Å². The predicted octanol–water partition coefficient (Wildman–Crippen LogP) is 2.08. The van der Waals surface area contributed by atoms with Crippen LogP contribution in [0.15, 0.2) is 23.2 Å². The molecule has 1 heterocycles. The molecule has 0 aliphatic carbocycles. The molecule has 0 unspecified atom stereocenters. The summed E-state index contributed by atoms with van der Waals surface area (Å²) in [5.74, 6) is -1.32. The van der Waals surface area contributed by atoms with Gasteiger partial charge in [-0.2, -0.15) is 0 Å². The second kappa shape index (κ2) is 5.09. The van der Waals surface area contributed by atoms with Crippen LogP contribution in [0.1, 0.15) is 19.3 Å². The summed E-state index contributed by atoms with van der Waals surface area (Å²) in [5, 5.41) is 11.2. The molecule has 80 valence electrons. The lowest BCUT2D eigenvalue weighted by atomic mass is 10.4. The first-order valence-electron chi connectivity index (χ1n) is 3.95. The van der Waals surface area contributed by atoms with E-state index in [2.05, 4.69) is 27.8 Å². The molecule has 0 fully saturated rings. The van der Waals surface area contributed by atoms with E-state index in [1.807, 2.05) is 0 Å². The van der Waals surface area contributed by atoms with Gasteiger partial charge in [0.1, 0.15) is 4.88 Å². The van der Waals surface area contributed by atoms with Gasteiger partial charge >= 0.3 is 5.97 Å². The molecular weight excluding hydrogens is 282 g/mol. The fraction of sp³-hybridized carbons (Fsp3) is 0.111. The minimum atomic E-state index is -1.02. The first-order chi connectivity index (χ1) is 7.00. The molecule has 0 bridgehead atoms. The van der Waals surface area contributed by atoms with Crippen LogP contribution in [0.5, 0.6) is 0 Å². The first kappa shape index (κ1) is 11.9. The number of hydrogen-bond donors (Lipinski definition) is 2. The quantitative estimate of drug-likeness (QED) is 0.892. The van der Waals surface area contributed by atoms with Crippen LogP contribution in [0.4, 0.5) is 0 Å². The number of amides is 1. The van der Waals surface area contributed by atoms with E-state index in [4.69, 9.17) is 5.11 Å². The molecule has 4 nitrogen and oxygen atoms in total. The van der Waals surface area contributed by atoms with Crippen molar-refractivity contribution in [3.05, 3.63) is 32.9 Å². The van der Waals surface area contributed by atoms with E-state index < -0.39 is 5.97 Å². The number of nitrogens with one attached hydrogen (secondary N) is 1. The Morgan fingerprint density at radius 2 is 2.07 bits per heavy atom. The van der Waals surface area contributed by atoms with Gasteiger partial charge < -0.3 is 10.4 Å². The zero-order valence-electron chi connectivity index (χ0n) is 7.62. The van der Waals surface area contributed by atoms with Crippen LogP contribution in [-0.2, 0) is 0 Å². The second-order valence-electron chi connectivity index (χ2n) is 2.67. The highest BCUT2D eigenvalue weighted by atomic mass is 79.9. The molecule has 0 saturated carbocycles. The average Bonchev–Trinajstić information content (AvgIpc) is 2.62. The molecule has 1 aromatic heterocycles. The maximum atomic E-state index is 11.4. The Balaban J connectivity index is 2.66. The van der Waals surface area contributed by atoms with Crippen molar-refractivity contribution < 1.29 is 14.7 Å². The molecular formula is C9H8BrNO3S. The monoisotopic (exact) mass is 289 g/mol. The van der Waals surface area contributed by atoms with Crippen molar-refractivity contribution in [1.29, 1.82) is 0 Å². The average molecular weight is 290 g/mol. The summed E-state index contributed by atoms with van der Waals surface area (Å²) in [6.07, 6.45) is 0. The Hall–Kier alpha value is -1.14. The lowest BCUT2D eigenvalue weighted by Gasteiger charge is -2.00. The molecule has 2 N–H and O–H groups in total. The van der Waals surface area contributed by atoms with E-state index in [-0.39, 0.29) is 10.8 Å². The normalized spacial score (nSPS) is 9.67. The minimum absolute atomic E-state index is 0.151. The maximum absolute atomic E-state index is 11.4. The highest BCUT2D eigenvalue weighted by Crippen LogP contribution is 2.16. The Morgan fingerprint density at radius 1 is 1.47 bits per heavy atom. The Kier molecular flexibility index (Phi) is 4.05. The van der Waals surface area contributed by atoms with Gasteiger partial charge in [0.25, 0.3) is 5.91 Å². The third-order valence-electron chi connectivity index (χ3n) is 1.48. The summed E-state index contributed by atoms with van der Waals surface area (Å²) in [6.45, 7) is 3.88. The Morgan fingerprint density at radius 3 is 2.53 bits per heavy atom. The number of hydrogen-bond acceptors (Lipinski definition) is 3. The number of rotatable bonds is 4. The first-order valence-corrected chi connectivity index (χ1v) is 5.56. The highest BCUT2D eigenvalue weighted by molar-refractivity contribution is 9.11. The molecule has 0 aliphatic rings. The number of halogens is 1. The number of carboxylic acid groups (broad SMARTS) is 1. The van der Waals surface area contributed by atoms with Crippen molar-refractivity contribution in [2.24, 2.45) is 0 Å². The minimum Gasteiger partial charge on any atom is -0.477 e. The third-order valence-corrected chi connectivity index (χ3v) is 2.83. The van der Waals surface area contributed by atoms with Crippen LogP contribution >= 0.6 is 27.3 Å². The van der Waals surface area contributed by atoms with Gasteiger partial charge in [0.15, 0.2) is 0 Å². The summed E-state index contributed by atoms with van der Waals surface area (Å²) >= 11 is 4.05. The fourth-order valence-electron chi connectivity index (χ4n) is 0.838. The van der Waals surface area contributed by atoms with Gasteiger partial charge in [0.2, 0.25) is 0 Å². The topological polar surface area (TPSA) is 66.4 Å². The standard InChI is InChI=1S/C9H8BrNO3S/c1-5(10)4-11-8(12)6-2-3-7(15-6)9(13)14/h2-3H,1,4H2,(H,11,12)(H,13,14). The van der Waals surface area contributed by atoms with Crippen molar-refractivity contribution in [3.8, 4) is 0 Å². The SMILES string of the molecule is C=C(Br)CNC(=O)c1ccc(C(=O)O)s1. The molecule has 0 aliphatic heterocycles. The summed E-state index contributed by atoms with van der Waals surface area (Å²) in [7, 11) is 0. The molecule has 15 heavy (non-hydrogen) atoms. The van der Waals surface area contributed by atoms with Crippen LogP contribution in [-0.4, -0.2) is 23.5 Å². The van der Waals surface area contributed by atoms with E-state index in [0.717, 1.165) is 11.3 Å². The second-order valence-corrected chi connectivity index (χ2v) is 4.87. The molecule has 0 radical (unpaired) electrons. The van der Waals surface area contributed by atoms with Crippen LogP contribution < -0.4 is 5.32 Å². The van der Waals surface area contributed by atoms with Gasteiger partial charge in [-0.15, -0.1) is 11.3 Å². The Labute approximate surface area is 98.7 Å². The van der Waals surface area contributed by atoms with Crippen molar-refractivity contribution in [3.63, 3.8) is 0 Å². The van der Waals surface area contributed by atoms with Crippen LogP contribution in [0, 0.1) is 0 Å². The van der Waals surface area contributed by atoms with Gasteiger partial charge in [-0.3, -0.25) is 4.79 Å². The van der Waals surface area contributed by atoms with E-state index >= 15 is 0 Å². The van der Waals surface area contributed by atoms with Crippen LogP contribution in [0.2, 0.25) is 0 Å². The highest BCUT2D eigenvalue weighted by Gasteiger charge is 2.12. The third kappa shape index (κ3) is 3.49. The number of thiophene rings is 1. The van der Waals surface area contributed by atoms with E-state index in [1.165, 1.54) is 12.1 Å².